The van der Waals surface area contributed by atoms with Gasteiger partial charge in [0, 0.05) is 36.3 Å². The van der Waals surface area contributed by atoms with Crippen molar-refractivity contribution in [3.63, 3.8) is 0 Å². The molecule has 0 bridgehead atoms. The molecule has 0 radical (unpaired) electrons. The van der Waals surface area contributed by atoms with Crippen LogP contribution in [-0.2, 0) is 21.2 Å². The monoisotopic (exact) mass is 463 g/mol. The van der Waals surface area contributed by atoms with E-state index in [1.807, 2.05) is 6.07 Å². The summed E-state index contributed by atoms with van der Waals surface area (Å²) in [6.45, 7) is 1.11. The van der Waals surface area contributed by atoms with Crippen LogP contribution in [0.4, 0.5) is 5.69 Å². The lowest BCUT2D eigenvalue weighted by atomic mass is 10.2. The number of rotatable bonds is 3. The molecule has 28 heavy (non-hydrogen) atoms. The summed E-state index contributed by atoms with van der Waals surface area (Å²) in [6, 6.07) is 11.9. The molecule has 2 aromatic carbocycles. The molecule has 2 heterocycles. The molecule has 2 amide bonds. The average Bonchev–Trinajstić information content (AvgIpc) is 3.07. The number of hydrogen-bond donors (Lipinski definition) is 1. The van der Waals surface area contributed by atoms with Crippen LogP contribution in [0.5, 0.6) is 0 Å². The summed E-state index contributed by atoms with van der Waals surface area (Å²) in [5.74, 6) is -0.254. The molecule has 0 unspecified atom stereocenters. The van der Waals surface area contributed by atoms with E-state index in [4.69, 9.17) is 0 Å². The van der Waals surface area contributed by atoms with Crippen molar-refractivity contribution in [2.75, 3.05) is 31.5 Å². The van der Waals surface area contributed by atoms with Crippen LogP contribution in [0.2, 0.25) is 0 Å². The Hall–Kier alpha value is -2.23. The Morgan fingerprint density at radius 1 is 1.04 bits per heavy atom. The molecule has 1 N–H and O–H groups in total. The SMILES string of the molecule is O=C1Cc2cc(S(=O)(=O)N3CCN(C(=O)c4ccccc4Br)CC3)ccc2N1. The van der Waals surface area contributed by atoms with E-state index in [0.717, 1.165) is 4.47 Å². The number of fused-ring (bicyclic) bond motifs is 1. The maximum absolute atomic E-state index is 13.0. The lowest BCUT2D eigenvalue weighted by molar-refractivity contribution is -0.115. The van der Waals surface area contributed by atoms with Crippen molar-refractivity contribution in [1.29, 1.82) is 0 Å². The third-order valence-electron chi connectivity index (χ3n) is 4.97. The maximum Gasteiger partial charge on any atom is 0.255 e. The van der Waals surface area contributed by atoms with Crippen LogP contribution >= 0.6 is 15.9 Å². The van der Waals surface area contributed by atoms with Gasteiger partial charge in [0.2, 0.25) is 15.9 Å². The molecule has 0 aliphatic carbocycles. The van der Waals surface area contributed by atoms with Gasteiger partial charge in [0.15, 0.2) is 0 Å². The largest absolute Gasteiger partial charge is 0.336 e. The van der Waals surface area contributed by atoms with Crippen LogP contribution in [0.25, 0.3) is 0 Å². The third kappa shape index (κ3) is 3.45. The minimum Gasteiger partial charge on any atom is -0.336 e. The number of carbonyl (C=O) groups is 2. The third-order valence-corrected chi connectivity index (χ3v) is 7.56. The van der Waals surface area contributed by atoms with Crippen molar-refractivity contribution in [3.8, 4) is 0 Å². The molecule has 2 aromatic rings. The minimum absolute atomic E-state index is 0.119. The molecular weight excluding hydrogens is 446 g/mol. The minimum atomic E-state index is -3.68. The number of carbonyl (C=O) groups excluding carboxylic acids is 2. The molecule has 2 aliphatic rings. The normalized spacial score (nSPS) is 17.3. The zero-order chi connectivity index (χ0) is 19.9. The molecule has 7 nitrogen and oxygen atoms in total. The number of hydrogen-bond acceptors (Lipinski definition) is 4. The predicted octanol–water partition coefficient (Wildman–Crippen LogP) is 2.09. The lowest BCUT2D eigenvalue weighted by Crippen LogP contribution is -2.50. The maximum atomic E-state index is 13.0. The van der Waals surface area contributed by atoms with E-state index in [-0.39, 0.29) is 36.2 Å². The second kappa shape index (κ2) is 7.31. The number of piperazine rings is 1. The van der Waals surface area contributed by atoms with E-state index in [0.29, 0.717) is 29.9 Å². The Balaban J connectivity index is 1.48. The van der Waals surface area contributed by atoms with Gasteiger partial charge < -0.3 is 10.2 Å². The van der Waals surface area contributed by atoms with E-state index in [9.17, 15) is 18.0 Å². The van der Waals surface area contributed by atoms with Crippen LogP contribution in [0, 0.1) is 0 Å². The fourth-order valence-corrected chi connectivity index (χ4v) is 5.38. The fourth-order valence-electron chi connectivity index (χ4n) is 3.45. The molecule has 0 spiro atoms. The molecular formula is C19H18BrN3O4S. The quantitative estimate of drug-likeness (QED) is 0.754. The number of nitrogens with zero attached hydrogens (tertiary/aromatic N) is 2. The van der Waals surface area contributed by atoms with Crippen LogP contribution in [0.15, 0.2) is 51.8 Å². The zero-order valence-corrected chi connectivity index (χ0v) is 17.3. The summed E-state index contributed by atoms with van der Waals surface area (Å²) < 4.78 is 28.1. The first-order valence-electron chi connectivity index (χ1n) is 8.83. The Kier molecular flexibility index (Phi) is 4.98. The van der Waals surface area contributed by atoms with Gasteiger partial charge in [0.05, 0.1) is 16.9 Å². The van der Waals surface area contributed by atoms with Crippen molar-refractivity contribution in [3.05, 3.63) is 58.1 Å². The van der Waals surface area contributed by atoms with Crippen LogP contribution in [-0.4, -0.2) is 55.6 Å². The first kappa shape index (κ1) is 19.1. The topological polar surface area (TPSA) is 86.8 Å². The zero-order valence-electron chi connectivity index (χ0n) is 14.9. The van der Waals surface area contributed by atoms with E-state index in [2.05, 4.69) is 21.2 Å². The second-order valence-electron chi connectivity index (χ2n) is 6.72. The Morgan fingerprint density at radius 3 is 2.46 bits per heavy atom. The first-order valence-corrected chi connectivity index (χ1v) is 11.1. The van der Waals surface area contributed by atoms with E-state index >= 15 is 0 Å². The summed E-state index contributed by atoms with van der Waals surface area (Å²) in [7, 11) is -3.68. The van der Waals surface area contributed by atoms with Crippen molar-refractivity contribution in [1.82, 2.24) is 9.21 Å². The average molecular weight is 464 g/mol. The Labute approximate surface area is 171 Å². The summed E-state index contributed by atoms with van der Waals surface area (Å²) in [6.07, 6.45) is 0.187. The highest BCUT2D eigenvalue weighted by Crippen LogP contribution is 2.28. The number of anilines is 1. The van der Waals surface area contributed by atoms with E-state index in [1.165, 1.54) is 10.4 Å². The summed E-state index contributed by atoms with van der Waals surface area (Å²) >= 11 is 3.38. The second-order valence-corrected chi connectivity index (χ2v) is 9.51. The molecule has 1 saturated heterocycles. The van der Waals surface area contributed by atoms with Gasteiger partial charge in [0.1, 0.15) is 0 Å². The highest BCUT2D eigenvalue weighted by Gasteiger charge is 2.32. The van der Waals surface area contributed by atoms with Crippen LogP contribution in [0.3, 0.4) is 0 Å². The molecule has 0 atom stereocenters. The first-order chi connectivity index (χ1) is 13.4. The summed E-state index contributed by atoms with van der Waals surface area (Å²) in [5, 5.41) is 2.70. The van der Waals surface area contributed by atoms with Gasteiger partial charge in [-0.3, -0.25) is 9.59 Å². The number of amides is 2. The Bertz CT molecular complexity index is 1060. The van der Waals surface area contributed by atoms with Crippen molar-refractivity contribution < 1.29 is 18.0 Å². The van der Waals surface area contributed by atoms with Gasteiger partial charge in [-0.2, -0.15) is 4.31 Å². The van der Waals surface area contributed by atoms with Gasteiger partial charge in [-0.05, 0) is 51.8 Å². The van der Waals surface area contributed by atoms with Crippen molar-refractivity contribution >= 4 is 43.5 Å². The fraction of sp³-hybridized carbons (Fsp3) is 0.263. The molecule has 1 fully saturated rings. The molecule has 0 aromatic heterocycles. The van der Waals surface area contributed by atoms with Gasteiger partial charge in [-0.25, -0.2) is 8.42 Å². The summed E-state index contributed by atoms with van der Waals surface area (Å²) in [4.78, 5) is 26.0. The number of benzene rings is 2. The highest BCUT2D eigenvalue weighted by atomic mass is 79.9. The van der Waals surface area contributed by atoms with E-state index < -0.39 is 10.0 Å². The van der Waals surface area contributed by atoms with Crippen molar-refractivity contribution in [2.24, 2.45) is 0 Å². The summed E-state index contributed by atoms with van der Waals surface area (Å²) in [5.41, 5.74) is 1.91. The molecule has 0 saturated carbocycles. The highest BCUT2D eigenvalue weighted by molar-refractivity contribution is 9.10. The molecule has 4 rings (SSSR count). The van der Waals surface area contributed by atoms with Crippen LogP contribution < -0.4 is 5.32 Å². The predicted molar refractivity (Wildman–Crippen MR) is 108 cm³/mol. The van der Waals surface area contributed by atoms with E-state index in [1.54, 1.807) is 35.2 Å². The van der Waals surface area contributed by atoms with Crippen LogP contribution in [0.1, 0.15) is 15.9 Å². The molecule has 2 aliphatic heterocycles. The molecule has 9 heteroatoms. The smallest absolute Gasteiger partial charge is 0.255 e. The standard InChI is InChI=1S/C19H18BrN3O4S/c20-16-4-2-1-3-15(16)19(25)22-7-9-23(10-8-22)28(26,27)14-5-6-17-13(11-14)12-18(24)21-17/h1-6,11H,7-10,12H2,(H,21,24). The van der Waals surface area contributed by atoms with Gasteiger partial charge >= 0.3 is 0 Å². The van der Waals surface area contributed by atoms with Gasteiger partial charge in [-0.15, -0.1) is 0 Å². The Morgan fingerprint density at radius 2 is 1.75 bits per heavy atom. The van der Waals surface area contributed by atoms with Gasteiger partial charge in [0.25, 0.3) is 5.91 Å². The number of halogens is 1. The number of sulfonamides is 1. The molecule has 146 valence electrons. The number of nitrogens with one attached hydrogen (secondary N) is 1. The lowest BCUT2D eigenvalue weighted by Gasteiger charge is -2.34. The van der Waals surface area contributed by atoms with Crippen molar-refractivity contribution in [2.45, 2.75) is 11.3 Å². The van der Waals surface area contributed by atoms with Gasteiger partial charge in [-0.1, -0.05) is 12.1 Å².